The number of benzene rings is 3. The number of nitrogens with zero attached hydrogens (tertiary/aromatic N) is 3. The Labute approximate surface area is 217 Å². The van der Waals surface area contributed by atoms with Crippen LogP contribution in [-0.4, -0.2) is 26.9 Å². The quantitative estimate of drug-likeness (QED) is 0.287. The van der Waals surface area contributed by atoms with Crippen molar-refractivity contribution in [3.8, 4) is 5.69 Å². The van der Waals surface area contributed by atoms with Crippen LogP contribution in [0.5, 0.6) is 0 Å². The van der Waals surface area contributed by atoms with E-state index in [1.807, 2.05) is 68.4 Å². The number of amides is 1. The first-order chi connectivity index (χ1) is 17.1. The van der Waals surface area contributed by atoms with Gasteiger partial charge in [-0.2, -0.15) is 0 Å². The number of hydrogen-bond acceptors (Lipinski definition) is 3. The van der Waals surface area contributed by atoms with Crippen molar-refractivity contribution in [2.45, 2.75) is 52.5 Å². The van der Waals surface area contributed by atoms with Crippen LogP contribution < -0.4 is 5.56 Å². The monoisotopic (exact) mass is 501 g/mol. The highest BCUT2D eigenvalue weighted by Gasteiger charge is 2.28. The molecule has 0 spiro atoms. The molecule has 1 amide bonds. The van der Waals surface area contributed by atoms with E-state index in [0.717, 1.165) is 12.0 Å². The maximum atomic E-state index is 13.8. The molecule has 6 heteroatoms. The van der Waals surface area contributed by atoms with E-state index in [1.165, 1.54) is 0 Å². The molecule has 5 nitrogen and oxygen atoms in total. The van der Waals surface area contributed by atoms with Crippen LogP contribution in [0, 0.1) is 0 Å². The SMILES string of the molecule is CCCN(C(=O)c1ccc(C(C)(C)C)cc1)C(C)c1nc2ccccc2c(=O)n1-c1ccccc1Cl. The molecule has 1 heterocycles. The molecule has 0 saturated carbocycles. The predicted octanol–water partition coefficient (Wildman–Crippen LogP) is 6.95. The zero-order valence-corrected chi connectivity index (χ0v) is 22.2. The summed E-state index contributed by atoms with van der Waals surface area (Å²) in [4.78, 5) is 34.2. The van der Waals surface area contributed by atoms with Gasteiger partial charge in [0.1, 0.15) is 5.82 Å². The van der Waals surface area contributed by atoms with Crippen molar-refractivity contribution in [1.82, 2.24) is 14.5 Å². The Morgan fingerprint density at radius 3 is 2.28 bits per heavy atom. The Bertz CT molecular complexity index is 1450. The summed E-state index contributed by atoms with van der Waals surface area (Å²) in [5.74, 6) is 0.373. The Kier molecular flexibility index (Phi) is 7.32. The normalized spacial score (nSPS) is 12.5. The van der Waals surface area contributed by atoms with Crippen LogP contribution in [0.2, 0.25) is 5.02 Å². The zero-order valence-electron chi connectivity index (χ0n) is 21.5. The highest BCUT2D eigenvalue weighted by Crippen LogP contribution is 2.28. The van der Waals surface area contributed by atoms with Gasteiger partial charge in [-0.15, -0.1) is 0 Å². The molecule has 1 aromatic heterocycles. The first-order valence-corrected chi connectivity index (χ1v) is 12.7. The third kappa shape index (κ3) is 4.93. The van der Waals surface area contributed by atoms with E-state index in [0.29, 0.717) is 39.5 Å². The Hall–Kier alpha value is -3.44. The predicted molar refractivity (Wildman–Crippen MR) is 147 cm³/mol. The fraction of sp³-hybridized carbons (Fsp3) is 0.300. The lowest BCUT2D eigenvalue weighted by molar-refractivity contribution is 0.0681. The highest BCUT2D eigenvalue weighted by molar-refractivity contribution is 6.32. The molecule has 4 aromatic rings. The van der Waals surface area contributed by atoms with Crippen molar-refractivity contribution in [3.63, 3.8) is 0 Å². The Morgan fingerprint density at radius 2 is 1.64 bits per heavy atom. The van der Waals surface area contributed by atoms with Gasteiger partial charge < -0.3 is 4.90 Å². The standard InChI is InChI=1S/C30H32ClN3O2/c1-6-19-33(28(35)21-15-17-22(18-16-21)30(3,4)5)20(2)27-32-25-13-9-7-11-23(25)29(36)34(27)26-14-10-8-12-24(26)31/h7-18,20H,6,19H2,1-5H3. The van der Waals surface area contributed by atoms with Gasteiger partial charge in [0, 0.05) is 12.1 Å². The molecule has 0 fully saturated rings. The summed E-state index contributed by atoms with van der Waals surface area (Å²) in [7, 11) is 0. The summed E-state index contributed by atoms with van der Waals surface area (Å²) >= 11 is 6.54. The molecule has 1 atom stereocenters. The van der Waals surface area contributed by atoms with Crippen LogP contribution in [-0.2, 0) is 5.41 Å². The molecule has 0 radical (unpaired) electrons. The number of halogens is 1. The van der Waals surface area contributed by atoms with Gasteiger partial charge in [-0.3, -0.25) is 14.2 Å². The van der Waals surface area contributed by atoms with E-state index in [2.05, 4.69) is 20.8 Å². The second-order valence-corrected chi connectivity index (χ2v) is 10.5. The molecule has 0 aliphatic rings. The topological polar surface area (TPSA) is 55.2 Å². The fourth-order valence-corrected chi connectivity index (χ4v) is 4.65. The van der Waals surface area contributed by atoms with E-state index >= 15 is 0 Å². The van der Waals surface area contributed by atoms with Crippen LogP contribution in [0.3, 0.4) is 0 Å². The van der Waals surface area contributed by atoms with Crippen molar-refractivity contribution >= 4 is 28.4 Å². The molecular formula is C30H32ClN3O2. The lowest BCUT2D eigenvalue weighted by Crippen LogP contribution is -2.38. The van der Waals surface area contributed by atoms with E-state index in [-0.39, 0.29) is 16.9 Å². The van der Waals surface area contributed by atoms with Crippen LogP contribution in [0.1, 0.15) is 68.8 Å². The van der Waals surface area contributed by atoms with Crippen molar-refractivity contribution in [3.05, 3.63) is 105 Å². The van der Waals surface area contributed by atoms with Gasteiger partial charge in [-0.25, -0.2) is 4.98 Å². The van der Waals surface area contributed by atoms with Crippen LogP contribution >= 0.6 is 11.6 Å². The fourth-order valence-electron chi connectivity index (χ4n) is 4.43. The number of aromatic nitrogens is 2. The molecule has 1 unspecified atom stereocenters. The number of para-hydroxylation sites is 2. The number of fused-ring (bicyclic) bond motifs is 1. The largest absolute Gasteiger partial charge is 0.329 e. The van der Waals surface area contributed by atoms with Crippen molar-refractivity contribution in [1.29, 1.82) is 0 Å². The minimum absolute atomic E-state index is 0.00197. The van der Waals surface area contributed by atoms with E-state index in [4.69, 9.17) is 16.6 Å². The second-order valence-electron chi connectivity index (χ2n) is 10.1. The summed E-state index contributed by atoms with van der Waals surface area (Å²) in [5, 5.41) is 0.941. The maximum Gasteiger partial charge on any atom is 0.266 e. The summed E-state index contributed by atoms with van der Waals surface area (Å²) < 4.78 is 1.55. The number of hydrogen-bond donors (Lipinski definition) is 0. The van der Waals surface area contributed by atoms with E-state index < -0.39 is 6.04 Å². The molecule has 3 aromatic carbocycles. The van der Waals surface area contributed by atoms with Gasteiger partial charge in [-0.1, -0.05) is 75.7 Å². The van der Waals surface area contributed by atoms with Gasteiger partial charge in [0.25, 0.3) is 11.5 Å². The van der Waals surface area contributed by atoms with E-state index in [9.17, 15) is 9.59 Å². The van der Waals surface area contributed by atoms with Crippen molar-refractivity contribution in [2.75, 3.05) is 6.54 Å². The molecule has 0 N–H and O–H groups in total. The number of carbonyl (C=O) groups excluding carboxylic acids is 1. The third-order valence-corrected chi connectivity index (χ3v) is 6.78. The van der Waals surface area contributed by atoms with Crippen molar-refractivity contribution < 1.29 is 4.79 Å². The van der Waals surface area contributed by atoms with Gasteiger partial charge in [-0.05, 0) is 60.7 Å². The van der Waals surface area contributed by atoms with Crippen LogP contribution in [0.25, 0.3) is 16.6 Å². The summed E-state index contributed by atoms with van der Waals surface area (Å²) in [5.41, 5.74) is 2.69. The average Bonchev–Trinajstić information content (AvgIpc) is 2.86. The van der Waals surface area contributed by atoms with Crippen molar-refractivity contribution in [2.24, 2.45) is 0 Å². The molecule has 186 valence electrons. The minimum atomic E-state index is -0.478. The van der Waals surface area contributed by atoms with Crippen LogP contribution in [0.15, 0.2) is 77.6 Å². The second kappa shape index (κ2) is 10.3. The third-order valence-electron chi connectivity index (χ3n) is 6.46. The zero-order chi connectivity index (χ0) is 26.0. The summed E-state index contributed by atoms with van der Waals surface area (Å²) in [6.07, 6.45) is 0.764. The first-order valence-electron chi connectivity index (χ1n) is 12.3. The van der Waals surface area contributed by atoms with Gasteiger partial charge in [0.15, 0.2) is 0 Å². The summed E-state index contributed by atoms with van der Waals surface area (Å²) in [6.45, 7) is 10.9. The van der Waals surface area contributed by atoms with Gasteiger partial charge >= 0.3 is 0 Å². The number of carbonyl (C=O) groups is 1. The molecule has 0 aliphatic carbocycles. The molecule has 4 rings (SSSR count). The smallest absolute Gasteiger partial charge is 0.266 e. The molecule has 0 aliphatic heterocycles. The Morgan fingerprint density at radius 1 is 1.00 bits per heavy atom. The average molecular weight is 502 g/mol. The Balaban J connectivity index is 1.86. The molecule has 0 bridgehead atoms. The lowest BCUT2D eigenvalue weighted by atomic mass is 9.86. The minimum Gasteiger partial charge on any atom is -0.329 e. The molecule has 0 saturated heterocycles. The maximum absolute atomic E-state index is 13.8. The molecule has 36 heavy (non-hydrogen) atoms. The molecular weight excluding hydrogens is 470 g/mol. The highest BCUT2D eigenvalue weighted by atomic mass is 35.5. The lowest BCUT2D eigenvalue weighted by Gasteiger charge is -2.31. The van der Waals surface area contributed by atoms with Crippen LogP contribution in [0.4, 0.5) is 0 Å². The first kappa shape index (κ1) is 25.6. The number of rotatable bonds is 6. The summed E-state index contributed by atoms with van der Waals surface area (Å²) in [6, 6.07) is 21.8. The van der Waals surface area contributed by atoms with E-state index in [1.54, 1.807) is 27.7 Å². The van der Waals surface area contributed by atoms with Gasteiger partial charge in [0.2, 0.25) is 0 Å². The van der Waals surface area contributed by atoms with Gasteiger partial charge in [0.05, 0.1) is 27.7 Å².